The molecule has 1 aromatic heterocycles. The summed E-state index contributed by atoms with van der Waals surface area (Å²) in [6, 6.07) is 15.8. The van der Waals surface area contributed by atoms with Crippen LogP contribution in [0.4, 0.5) is 28.8 Å². The lowest BCUT2D eigenvalue weighted by Crippen LogP contribution is -2.17. The van der Waals surface area contributed by atoms with Crippen molar-refractivity contribution < 1.29 is 9.47 Å². The van der Waals surface area contributed by atoms with Crippen LogP contribution in [-0.4, -0.2) is 37.3 Å². The predicted octanol–water partition coefficient (Wildman–Crippen LogP) is 4.58. The lowest BCUT2D eigenvalue weighted by Gasteiger charge is -2.17. The van der Waals surface area contributed by atoms with Gasteiger partial charge in [0.2, 0.25) is 5.95 Å². The van der Waals surface area contributed by atoms with Crippen LogP contribution in [0.15, 0.2) is 54.7 Å². The number of hydrogen-bond acceptors (Lipinski definition) is 7. The first kappa shape index (κ1) is 18.9. The van der Waals surface area contributed by atoms with E-state index >= 15 is 0 Å². The summed E-state index contributed by atoms with van der Waals surface area (Å²) in [6.07, 6.45) is 4.26. The van der Waals surface area contributed by atoms with Gasteiger partial charge in [-0.3, -0.25) is 0 Å². The van der Waals surface area contributed by atoms with Crippen LogP contribution >= 0.6 is 0 Å². The molecular formula is C22H25N5O2. The van der Waals surface area contributed by atoms with Crippen LogP contribution < -0.4 is 25.0 Å². The number of nitrogens with one attached hydrogen (secondary N) is 2. The third kappa shape index (κ3) is 4.51. The van der Waals surface area contributed by atoms with Crippen LogP contribution in [0.2, 0.25) is 0 Å². The third-order valence-corrected chi connectivity index (χ3v) is 4.92. The number of methoxy groups -OCH3 is 2. The second-order valence-corrected chi connectivity index (χ2v) is 6.82. The molecule has 7 heteroatoms. The van der Waals surface area contributed by atoms with Gasteiger partial charge in [-0.05, 0) is 55.3 Å². The molecule has 0 unspecified atom stereocenters. The molecule has 150 valence electrons. The molecule has 0 atom stereocenters. The molecule has 2 N–H and O–H groups in total. The number of hydrogen-bond donors (Lipinski definition) is 2. The first-order valence-corrected chi connectivity index (χ1v) is 9.69. The van der Waals surface area contributed by atoms with Crippen LogP contribution in [0.3, 0.4) is 0 Å². The normalized spacial score (nSPS) is 13.2. The first-order chi connectivity index (χ1) is 14.2. The second kappa shape index (κ2) is 8.68. The number of ether oxygens (including phenoxy) is 2. The van der Waals surface area contributed by atoms with Gasteiger partial charge >= 0.3 is 0 Å². The van der Waals surface area contributed by atoms with Gasteiger partial charge in [-0.15, -0.1) is 0 Å². The van der Waals surface area contributed by atoms with Crippen molar-refractivity contribution in [1.29, 1.82) is 0 Å². The van der Waals surface area contributed by atoms with Gasteiger partial charge in [0.25, 0.3) is 0 Å². The predicted molar refractivity (Wildman–Crippen MR) is 116 cm³/mol. The van der Waals surface area contributed by atoms with Crippen LogP contribution in [0.25, 0.3) is 0 Å². The Labute approximate surface area is 170 Å². The topological polar surface area (TPSA) is 71.5 Å². The van der Waals surface area contributed by atoms with Crippen LogP contribution in [0.5, 0.6) is 11.5 Å². The van der Waals surface area contributed by atoms with Crippen molar-refractivity contribution in [3.63, 3.8) is 0 Å². The molecule has 0 saturated carbocycles. The number of benzene rings is 2. The quantitative estimate of drug-likeness (QED) is 0.611. The number of aromatic nitrogens is 2. The molecule has 29 heavy (non-hydrogen) atoms. The fourth-order valence-corrected chi connectivity index (χ4v) is 3.39. The van der Waals surface area contributed by atoms with E-state index in [9.17, 15) is 0 Å². The molecule has 3 aromatic rings. The molecule has 2 aromatic carbocycles. The lowest BCUT2D eigenvalue weighted by molar-refractivity contribution is 0.395. The van der Waals surface area contributed by atoms with E-state index in [1.165, 1.54) is 18.5 Å². The van der Waals surface area contributed by atoms with Gasteiger partial charge in [0, 0.05) is 36.7 Å². The van der Waals surface area contributed by atoms with E-state index in [1.807, 2.05) is 24.3 Å². The SMILES string of the molecule is COc1ccc(Nc2ccnc(Nc3ccc(N4CCCC4)cc3)n2)c(OC)c1. The summed E-state index contributed by atoms with van der Waals surface area (Å²) in [5.41, 5.74) is 3.01. The van der Waals surface area contributed by atoms with Crippen molar-refractivity contribution in [2.45, 2.75) is 12.8 Å². The molecule has 0 radical (unpaired) electrons. The van der Waals surface area contributed by atoms with Crippen LogP contribution in [0.1, 0.15) is 12.8 Å². The maximum Gasteiger partial charge on any atom is 0.229 e. The zero-order valence-corrected chi connectivity index (χ0v) is 16.7. The van der Waals surface area contributed by atoms with Gasteiger partial charge in [-0.1, -0.05) is 0 Å². The maximum atomic E-state index is 5.43. The molecule has 1 saturated heterocycles. The molecule has 1 aliphatic rings. The van der Waals surface area contributed by atoms with Crippen molar-refractivity contribution in [3.8, 4) is 11.5 Å². The summed E-state index contributed by atoms with van der Waals surface area (Å²) in [5.74, 6) is 2.60. The smallest absolute Gasteiger partial charge is 0.229 e. The summed E-state index contributed by atoms with van der Waals surface area (Å²) in [6.45, 7) is 2.27. The van der Waals surface area contributed by atoms with E-state index in [0.717, 1.165) is 30.2 Å². The van der Waals surface area contributed by atoms with Crippen LogP contribution in [0, 0.1) is 0 Å². The third-order valence-electron chi connectivity index (χ3n) is 4.92. The Morgan fingerprint density at radius 1 is 0.897 bits per heavy atom. The minimum absolute atomic E-state index is 0.524. The highest BCUT2D eigenvalue weighted by Crippen LogP contribution is 2.31. The Kier molecular flexibility index (Phi) is 5.65. The highest BCUT2D eigenvalue weighted by atomic mass is 16.5. The standard InChI is InChI=1S/C22H25N5O2/c1-28-18-9-10-19(20(15-18)29-2)25-21-11-12-23-22(26-21)24-16-5-7-17(8-6-16)27-13-3-4-14-27/h5-12,15H,3-4,13-14H2,1-2H3,(H2,23,24,25,26). The molecule has 7 nitrogen and oxygen atoms in total. The van der Waals surface area contributed by atoms with Gasteiger partial charge in [0.05, 0.1) is 19.9 Å². The summed E-state index contributed by atoms with van der Waals surface area (Å²) < 4.78 is 10.7. The minimum atomic E-state index is 0.524. The molecule has 1 aliphatic heterocycles. The number of rotatable bonds is 7. The van der Waals surface area contributed by atoms with Gasteiger partial charge in [0.1, 0.15) is 17.3 Å². The van der Waals surface area contributed by atoms with E-state index in [0.29, 0.717) is 17.5 Å². The zero-order valence-electron chi connectivity index (χ0n) is 16.7. The average Bonchev–Trinajstić information content (AvgIpc) is 3.30. The molecule has 0 spiro atoms. The average molecular weight is 391 g/mol. The zero-order chi connectivity index (χ0) is 20.1. The maximum absolute atomic E-state index is 5.43. The minimum Gasteiger partial charge on any atom is -0.497 e. The highest BCUT2D eigenvalue weighted by molar-refractivity contribution is 5.67. The fraction of sp³-hybridized carbons (Fsp3) is 0.273. The number of nitrogens with zero attached hydrogens (tertiary/aromatic N) is 3. The van der Waals surface area contributed by atoms with Crippen molar-refractivity contribution in [3.05, 3.63) is 54.7 Å². The molecule has 0 aliphatic carbocycles. The van der Waals surface area contributed by atoms with E-state index in [1.54, 1.807) is 20.4 Å². The molecule has 0 amide bonds. The molecule has 4 rings (SSSR count). The fourth-order valence-electron chi connectivity index (χ4n) is 3.39. The lowest BCUT2D eigenvalue weighted by atomic mass is 10.2. The Bertz CT molecular complexity index is 956. The van der Waals surface area contributed by atoms with Gasteiger partial charge < -0.3 is 25.0 Å². The van der Waals surface area contributed by atoms with Gasteiger partial charge in [-0.25, -0.2) is 4.98 Å². The molecule has 1 fully saturated rings. The van der Waals surface area contributed by atoms with Gasteiger partial charge in [0.15, 0.2) is 0 Å². The summed E-state index contributed by atoms with van der Waals surface area (Å²) in [4.78, 5) is 11.3. The molecular weight excluding hydrogens is 366 g/mol. The van der Waals surface area contributed by atoms with Gasteiger partial charge in [-0.2, -0.15) is 4.98 Å². The largest absolute Gasteiger partial charge is 0.497 e. The Balaban J connectivity index is 1.46. The van der Waals surface area contributed by atoms with E-state index in [4.69, 9.17) is 9.47 Å². The van der Waals surface area contributed by atoms with Crippen molar-refractivity contribution >= 4 is 28.8 Å². The molecule has 2 heterocycles. The van der Waals surface area contributed by atoms with Crippen molar-refractivity contribution in [2.75, 3.05) is 42.8 Å². The second-order valence-electron chi connectivity index (χ2n) is 6.82. The molecule has 0 bridgehead atoms. The summed E-state index contributed by atoms with van der Waals surface area (Å²) in [7, 11) is 3.25. The van der Waals surface area contributed by atoms with E-state index in [-0.39, 0.29) is 0 Å². The van der Waals surface area contributed by atoms with Crippen molar-refractivity contribution in [2.24, 2.45) is 0 Å². The van der Waals surface area contributed by atoms with Crippen molar-refractivity contribution in [1.82, 2.24) is 9.97 Å². The van der Waals surface area contributed by atoms with E-state index < -0.39 is 0 Å². The summed E-state index contributed by atoms with van der Waals surface area (Å²) >= 11 is 0. The highest BCUT2D eigenvalue weighted by Gasteiger charge is 2.12. The number of anilines is 5. The Morgan fingerprint density at radius 3 is 2.41 bits per heavy atom. The summed E-state index contributed by atoms with van der Waals surface area (Å²) in [5, 5.41) is 6.53. The van der Waals surface area contributed by atoms with Crippen LogP contribution in [-0.2, 0) is 0 Å². The van der Waals surface area contributed by atoms with E-state index in [2.05, 4.69) is 49.8 Å². The Hall–Kier alpha value is -3.48. The Morgan fingerprint density at radius 2 is 1.69 bits per heavy atom. The first-order valence-electron chi connectivity index (χ1n) is 9.69. The monoisotopic (exact) mass is 391 g/mol.